The molecule has 0 atom stereocenters. The van der Waals surface area contributed by atoms with E-state index in [-0.39, 0.29) is 11.4 Å². The number of halogens is 2. The first kappa shape index (κ1) is 14.4. The van der Waals surface area contributed by atoms with Gasteiger partial charge in [0.1, 0.15) is 22.9 Å². The molecule has 1 aromatic carbocycles. The molecule has 1 aromatic heterocycles. The molecule has 0 radical (unpaired) electrons. The molecule has 0 saturated carbocycles. The lowest BCUT2D eigenvalue weighted by molar-refractivity contribution is 0.0686. The molecule has 6 nitrogen and oxygen atoms in total. The van der Waals surface area contributed by atoms with E-state index in [4.69, 9.17) is 5.11 Å². The second kappa shape index (κ2) is 4.49. The number of benzene rings is 1. The summed E-state index contributed by atoms with van der Waals surface area (Å²) in [7, 11) is 0. The molecule has 0 unspecified atom stereocenters. The van der Waals surface area contributed by atoms with Crippen molar-refractivity contribution in [2.45, 2.75) is 32.7 Å². The van der Waals surface area contributed by atoms with E-state index in [1.54, 1.807) is 13.8 Å². The average molecular weight is 308 g/mol. The highest BCUT2D eigenvalue weighted by atomic mass is 19.1. The van der Waals surface area contributed by atoms with Crippen LogP contribution in [0.5, 0.6) is 0 Å². The molecule has 0 fully saturated rings. The second-order valence-corrected chi connectivity index (χ2v) is 5.63. The molecule has 1 aliphatic heterocycles. The van der Waals surface area contributed by atoms with E-state index in [1.165, 1.54) is 4.57 Å². The summed E-state index contributed by atoms with van der Waals surface area (Å²) in [5.41, 5.74) is -1.57. The first-order valence-corrected chi connectivity index (χ1v) is 6.76. The van der Waals surface area contributed by atoms with Gasteiger partial charge in [0.2, 0.25) is 0 Å². The van der Waals surface area contributed by atoms with Crippen LogP contribution in [0, 0.1) is 11.6 Å². The molecule has 0 amide bonds. The van der Waals surface area contributed by atoms with Crippen molar-refractivity contribution < 1.29 is 18.7 Å². The van der Waals surface area contributed by atoms with Crippen LogP contribution in [0.15, 0.2) is 6.07 Å². The molecule has 0 spiro atoms. The fourth-order valence-corrected chi connectivity index (χ4v) is 2.70. The summed E-state index contributed by atoms with van der Waals surface area (Å²) >= 11 is 0. The van der Waals surface area contributed by atoms with Crippen molar-refractivity contribution in [2.75, 3.05) is 5.32 Å². The number of aromatic carboxylic acids is 1. The summed E-state index contributed by atoms with van der Waals surface area (Å²) < 4.78 is 30.0. The minimum absolute atomic E-state index is 0.0602. The lowest BCUT2D eigenvalue weighted by atomic mass is 9.98. The zero-order chi connectivity index (χ0) is 16.2. The topological polar surface area (TPSA) is 80.0 Å². The molecule has 1 aliphatic rings. The normalized spacial score (nSPS) is 15.0. The maximum Gasteiger partial charge on any atom is 0.341 e. The molecule has 0 bridgehead atoms. The highest BCUT2D eigenvalue weighted by Gasteiger charge is 2.38. The number of hydrogen-bond acceptors (Lipinski definition) is 4. The van der Waals surface area contributed by atoms with Crippen molar-refractivity contribution in [1.29, 1.82) is 0 Å². The van der Waals surface area contributed by atoms with Crippen LogP contribution in [-0.2, 0) is 12.0 Å². The summed E-state index contributed by atoms with van der Waals surface area (Å²) in [5, 5.41) is 20.1. The number of carbonyl (C=O) groups is 1. The zero-order valence-corrected chi connectivity index (χ0v) is 12.2. The third kappa shape index (κ3) is 1.79. The Balaban J connectivity index is 2.41. The van der Waals surface area contributed by atoms with Crippen molar-refractivity contribution in [2.24, 2.45) is 0 Å². The minimum Gasteiger partial charge on any atom is -0.477 e. The number of carboxylic acids is 1. The van der Waals surface area contributed by atoms with Gasteiger partial charge in [0.25, 0.3) is 0 Å². The van der Waals surface area contributed by atoms with Gasteiger partial charge in [0.05, 0.1) is 11.2 Å². The molecule has 116 valence electrons. The Morgan fingerprint density at radius 1 is 1.41 bits per heavy atom. The van der Waals surface area contributed by atoms with Crippen LogP contribution in [0.1, 0.15) is 42.8 Å². The van der Waals surface area contributed by atoms with E-state index in [9.17, 15) is 13.6 Å². The summed E-state index contributed by atoms with van der Waals surface area (Å²) in [6.45, 7) is 5.43. The van der Waals surface area contributed by atoms with E-state index in [0.717, 1.165) is 6.07 Å². The van der Waals surface area contributed by atoms with Gasteiger partial charge in [-0.3, -0.25) is 4.57 Å². The summed E-state index contributed by atoms with van der Waals surface area (Å²) in [4.78, 5) is 11.1. The average Bonchev–Trinajstić information content (AvgIpc) is 2.81. The second-order valence-electron chi connectivity index (χ2n) is 5.63. The molecule has 2 aromatic rings. The summed E-state index contributed by atoms with van der Waals surface area (Å²) in [6, 6.07) is 0.992. The van der Waals surface area contributed by atoms with Gasteiger partial charge in [-0.1, -0.05) is 6.92 Å². The van der Waals surface area contributed by atoms with Crippen molar-refractivity contribution >= 4 is 11.7 Å². The van der Waals surface area contributed by atoms with E-state index < -0.39 is 28.7 Å². The fraction of sp³-hybridized carbons (Fsp3) is 0.357. The van der Waals surface area contributed by atoms with Crippen LogP contribution in [0.25, 0.3) is 5.69 Å². The predicted octanol–water partition coefficient (Wildman–Crippen LogP) is 2.47. The Kier molecular flexibility index (Phi) is 2.95. The number of anilines is 1. The molecule has 2 heterocycles. The van der Waals surface area contributed by atoms with E-state index in [0.29, 0.717) is 18.1 Å². The van der Waals surface area contributed by atoms with Gasteiger partial charge in [-0.2, -0.15) is 0 Å². The zero-order valence-electron chi connectivity index (χ0n) is 12.2. The molecular weight excluding hydrogens is 294 g/mol. The number of aromatic nitrogens is 3. The number of carboxylic acid groups (broad SMARTS) is 1. The predicted molar refractivity (Wildman–Crippen MR) is 74.3 cm³/mol. The number of fused-ring (bicyclic) bond motifs is 3. The van der Waals surface area contributed by atoms with Crippen molar-refractivity contribution in [3.8, 4) is 5.69 Å². The number of rotatable bonds is 2. The maximum atomic E-state index is 14.7. The number of hydrogen-bond donors (Lipinski definition) is 2. The minimum atomic E-state index is -1.66. The number of nitrogens with one attached hydrogen (secondary N) is 1. The molecule has 3 rings (SSSR count). The monoisotopic (exact) mass is 308 g/mol. The Labute approximate surface area is 124 Å². The van der Waals surface area contributed by atoms with Crippen molar-refractivity contribution in [3.05, 3.63) is 34.9 Å². The van der Waals surface area contributed by atoms with Crippen LogP contribution < -0.4 is 5.32 Å². The lowest BCUT2D eigenvalue weighted by Gasteiger charge is -2.34. The summed E-state index contributed by atoms with van der Waals surface area (Å²) in [5.74, 6) is -3.00. The number of aryl methyl sites for hydroxylation is 1. The third-order valence-corrected chi connectivity index (χ3v) is 3.68. The van der Waals surface area contributed by atoms with E-state index in [2.05, 4.69) is 15.5 Å². The molecule has 0 saturated heterocycles. The Hall–Kier alpha value is -2.51. The Morgan fingerprint density at radius 2 is 2.09 bits per heavy atom. The van der Waals surface area contributed by atoms with E-state index in [1.807, 2.05) is 6.92 Å². The Morgan fingerprint density at radius 3 is 2.68 bits per heavy atom. The molecular formula is C14H14F2N4O2. The standard InChI is InChI=1S/C14H14F2N4O2/c1-4-8-18-19-13-14(2,3)17-7-5-6(15)9(12(21)22)10(16)11(7)20(8)13/h5,17H,4H2,1-3H3,(H,21,22). The first-order chi connectivity index (χ1) is 10.3. The molecule has 8 heteroatoms. The van der Waals surface area contributed by atoms with Gasteiger partial charge < -0.3 is 10.4 Å². The van der Waals surface area contributed by atoms with Gasteiger partial charge in [0, 0.05) is 12.5 Å². The van der Waals surface area contributed by atoms with Crippen molar-refractivity contribution in [3.63, 3.8) is 0 Å². The van der Waals surface area contributed by atoms with Crippen LogP contribution in [0.3, 0.4) is 0 Å². The highest BCUT2D eigenvalue weighted by Crippen LogP contribution is 2.39. The smallest absolute Gasteiger partial charge is 0.341 e. The molecule has 0 aliphatic carbocycles. The van der Waals surface area contributed by atoms with Gasteiger partial charge in [-0.25, -0.2) is 13.6 Å². The highest BCUT2D eigenvalue weighted by molar-refractivity contribution is 5.91. The SMILES string of the molecule is CCc1nnc2n1-c1c(cc(F)c(C(=O)O)c1F)NC2(C)C. The lowest BCUT2D eigenvalue weighted by Crippen LogP contribution is -2.37. The quantitative estimate of drug-likeness (QED) is 0.891. The fourth-order valence-electron chi connectivity index (χ4n) is 2.70. The largest absolute Gasteiger partial charge is 0.477 e. The number of nitrogens with zero attached hydrogens (tertiary/aromatic N) is 3. The van der Waals surface area contributed by atoms with Crippen LogP contribution in [0.4, 0.5) is 14.5 Å². The van der Waals surface area contributed by atoms with Gasteiger partial charge >= 0.3 is 5.97 Å². The molecule has 2 N–H and O–H groups in total. The van der Waals surface area contributed by atoms with Gasteiger partial charge in [-0.05, 0) is 13.8 Å². The first-order valence-electron chi connectivity index (χ1n) is 6.76. The molecule has 22 heavy (non-hydrogen) atoms. The van der Waals surface area contributed by atoms with Gasteiger partial charge in [0.15, 0.2) is 11.6 Å². The van der Waals surface area contributed by atoms with Crippen LogP contribution in [-0.4, -0.2) is 25.8 Å². The summed E-state index contributed by atoms with van der Waals surface area (Å²) in [6.07, 6.45) is 0.474. The maximum absolute atomic E-state index is 14.7. The van der Waals surface area contributed by atoms with E-state index >= 15 is 0 Å². The van der Waals surface area contributed by atoms with Crippen LogP contribution >= 0.6 is 0 Å². The Bertz CT molecular complexity index is 799. The van der Waals surface area contributed by atoms with Crippen LogP contribution in [0.2, 0.25) is 0 Å². The van der Waals surface area contributed by atoms with Crippen molar-refractivity contribution in [1.82, 2.24) is 14.8 Å². The third-order valence-electron chi connectivity index (χ3n) is 3.68. The van der Waals surface area contributed by atoms with Gasteiger partial charge in [-0.15, -0.1) is 10.2 Å².